The fraction of sp³-hybridized carbons (Fsp3) is 0.500. The topological polar surface area (TPSA) is 66.8 Å². The number of carboxylic acid groups (broad SMARTS) is 1. The number of carbonyl (C=O) groups excluding carboxylic acids is 1. The van der Waals surface area contributed by atoms with Crippen molar-refractivity contribution < 1.29 is 19.4 Å². The minimum absolute atomic E-state index is 0.153. The third-order valence-electron chi connectivity index (χ3n) is 3.80. The molecule has 1 aliphatic heterocycles. The van der Waals surface area contributed by atoms with Crippen LogP contribution in [-0.4, -0.2) is 47.3 Å². The molecule has 1 aliphatic rings. The van der Waals surface area contributed by atoms with Crippen molar-refractivity contribution in [2.24, 2.45) is 5.92 Å². The number of likely N-dealkylation sites (tertiary alicyclic amines) is 1. The number of thioether (sulfide) groups is 1. The summed E-state index contributed by atoms with van der Waals surface area (Å²) in [6, 6.07) is 7.56. The van der Waals surface area contributed by atoms with Crippen LogP contribution in [0.3, 0.4) is 0 Å². The van der Waals surface area contributed by atoms with E-state index in [-0.39, 0.29) is 12.5 Å². The van der Waals surface area contributed by atoms with Gasteiger partial charge in [-0.3, -0.25) is 9.59 Å². The predicted octanol–water partition coefficient (Wildman–Crippen LogP) is 2.50. The number of aliphatic carboxylic acids is 1. The predicted molar refractivity (Wildman–Crippen MR) is 85.3 cm³/mol. The molecule has 22 heavy (non-hydrogen) atoms. The summed E-state index contributed by atoms with van der Waals surface area (Å²) in [5.41, 5.74) is 0. The molecule has 5 nitrogen and oxygen atoms in total. The summed E-state index contributed by atoms with van der Waals surface area (Å²) in [7, 11) is 0. The maximum absolute atomic E-state index is 12.4. The Morgan fingerprint density at radius 3 is 2.64 bits per heavy atom. The van der Waals surface area contributed by atoms with Crippen molar-refractivity contribution in [3.8, 4) is 5.75 Å². The van der Waals surface area contributed by atoms with E-state index in [0.717, 1.165) is 11.3 Å². The van der Waals surface area contributed by atoms with Gasteiger partial charge in [0.2, 0.25) is 0 Å². The number of carbonyl (C=O) groups is 2. The zero-order valence-electron chi connectivity index (χ0n) is 12.8. The summed E-state index contributed by atoms with van der Waals surface area (Å²) >= 11 is 1.64. The van der Waals surface area contributed by atoms with Crippen LogP contribution in [0, 0.1) is 5.92 Å². The molecule has 2 rings (SSSR count). The second-order valence-electron chi connectivity index (χ2n) is 5.40. The van der Waals surface area contributed by atoms with Gasteiger partial charge in [-0.15, -0.1) is 11.8 Å². The van der Waals surface area contributed by atoms with Gasteiger partial charge in [0, 0.05) is 18.0 Å². The molecule has 1 aromatic rings. The summed E-state index contributed by atoms with van der Waals surface area (Å²) < 4.78 is 5.68. The number of ether oxygens (including phenoxy) is 1. The molecule has 1 heterocycles. The quantitative estimate of drug-likeness (QED) is 0.843. The zero-order chi connectivity index (χ0) is 16.1. The Morgan fingerprint density at radius 2 is 2.05 bits per heavy atom. The van der Waals surface area contributed by atoms with Crippen molar-refractivity contribution in [1.82, 2.24) is 4.90 Å². The molecule has 2 atom stereocenters. The van der Waals surface area contributed by atoms with Gasteiger partial charge in [0.25, 0.3) is 5.91 Å². The first-order valence-corrected chi connectivity index (χ1v) is 8.56. The summed E-state index contributed by atoms with van der Waals surface area (Å²) in [6.45, 7) is 2.57. The van der Waals surface area contributed by atoms with Gasteiger partial charge in [-0.05, 0) is 50.3 Å². The van der Waals surface area contributed by atoms with E-state index < -0.39 is 18.0 Å². The highest BCUT2D eigenvalue weighted by Crippen LogP contribution is 2.21. The third-order valence-corrected chi connectivity index (χ3v) is 4.55. The molecule has 6 heteroatoms. The highest BCUT2D eigenvalue weighted by Gasteiger charge is 2.30. The number of hydrogen-bond acceptors (Lipinski definition) is 4. The van der Waals surface area contributed by atoms with Crippen LogP contribution in [0.4, 0.5) is 0 Å². The van der Waals surface area contributed by atoms with Gasteiger partial charge in [0.15, 0.2) is 6.10 Å². The van der Waals surface area contributed by atoms with Crippen molar-refractivity contribution in [1.29, 1.82) is 0 Å². The summed E-state index contributed by atoms with van der Waals surface area (Å²) in [6.07, 6.45) is 2.73. The molecule has 1 N–H and O–H groups in total. The SMILES string of the molecule is CSc1ccc(OC(C)C(=O)N2CCCC(C(=O)O)C2)cc1. The minimum atomic E-state index is -0.835. The minimum Gasteiger partial charge on any atom is -0.481 e. The molecule has 120 valence electrons. The van der Waals surface area contributed by atoms with E-state index in [2.05, 4.69) is 0 Å². The van der Waals surface area contributed by atoms with Crippen molar-refractivity contribution in [2.45, 2.75) is 30.8 Å². The first kappa shape index (κ1) is 16.7. The Hall–Kier alpha value is -1.69. The van der Waals surface area contributed by atoms with Crippen LogP contribution in [0.2, 0.25) is 0 Å². The second kappa shape index (κ2) is 7.54. The standard InChI is InChI=1S/C16H21NO4S/c1-11(21-13-5-7-14(22-2)8-6-13)15(18)17-9-3-4-12(10-17)16(19)20/h5-8,11-12H,3-4,9-10H2,1-2H3,(H,19,20). The number of amides is 1. The number of piperidine rings is 1. The Labute approximate surface area is 134 Å². The highest BCUT2D eigenvalue weighted by atomic mass is 32.2. The van der Waals surface area contributed by atoms with Crippen LogP contribution in [-0.2, 0) is 9.59 Å². The van der Waals surface area contributed by atoms with Crippen LogP contribution >= 0.6 is 11.8 Å². The number of rotatable bonds is 5. The molecule has 0 aromatic heterocycles. The van der Waals surface area contributed by atoms with E-state index in [1.165, 1.54) is 0 Å². The first-order chi connectivity index (χ1) is 10.5. The maximum atomic E-state index is 12.4. The van der Waals surface area contributed by atoms with Gasteiger partial charge in [0.05, 0.1) is 5.92 Å². The monoisotopic (exact) mass is 323 g/mol. The van der Waals surface area contributed by atoms with Crippen LogP contribution in [0.1, 0.15) is 19.8 Å². The molecule has 2 unspecified atom stereocenters. The van der Waals surface area contributed by atoms with E-state index in [0.29, 0.717) is 18.7 Å². The van der Waals surface area contributed by atoms with Crippen LogP contribution in [0.5, 0.6) is 5.75 Å². The molecule has 1 fully saturated rings. The van der Waals surface area contributed by atoms with Crippen molar-refractivity contribution in [3.63, 3.8) is 0 Å². The summed E-state index contributed by atoms with van der Waals surface area (Å²) in [4.78, 5) is 26.2. The van der Waals surface area contributed by atoms with Gasteiger partial charge >= 0.3 is 5.97 Å². The molecule has 0 bridgehead atoms. The van der Waals surface area contributed by atoms with Crippen LogP contribution in [0.25, 0.3) is 0 Å². The van der Waals surface area contributed by atoms with Crippen LogP contribution < -0.4 is 4.74 Å². The van der Waals surface area contributed by atoms with Gasteiger partial charge < -0.3 is 14.7 Å². The summed E-state index contributed by atoms with van der Waals surface area (Å²) in [5.74, 6) is -0.810. The Morgan fingerprint density at radius 1 is 1.36 bits per heavy atom. The van der Waals surface area contributed by atoms with Crippen LogP contribution in [0.15, 0.2) is 29.2 Å². The lowest BCUT2D eigenvalue weighted by molar-refractivity contribution is -0.147. The molecular weight excluding hydrogens is 302 g/mol. The fourth-order valence-corrected chi connectivity index (χ4v) is 2.95. The highest BCUT2D eigenvalue weighted by molar-refractivity contribution is 7.98. The van der Waals surface area contributed by atoms with Gasteiger partial charge in [-0.25, -0.2) is 0 Å². The van der Waals surface area contributed by atoms with E-state index in [1.54, 1.807) is 23.6 Å². The lowest BCUT2D eigenvalue weighted by atomic mass is 9.98. The maximum Gasteiger partial charge on any atom is 0.308 e. The lowest BCUT2D eigenvalue weighted by Crippen LogP contribution is -2.47. The largest absolute Gasteiger partial charge is 0.481 e. The number of nitrogens with zero attached hydrogens (tertiary/aromatic N) is 1. The summed E-state index contributed by atoms with van der Waals surface area (Å²) in [5, 5.41) is 9.09. The van der Waals surface area contributed by atoms with Gasteiger partial charge in [-0.1, -0.05) is 0 Å². The Kier molecular flexibility index (Phi) is 5.71. The Balaban J connectivity index is 1.94. The van der Waals surface area contributed by atoms with Crippen molar-refractivity contribution >= 4 is 23.6 Å². The molecule has 0 spiro atoms. The number of carboxylic acids is 1. The van der Waals surface area contributed by atoms with Gasteiger partial charge in [-0.2, -0.15) is 0 Å². The molecule has 1 aromatic carbocycles. The Bertz CT molecular complexity index is 531. The molecular formula is C16H21NO4S. The smallest absolute Gasteiger partial charge is 0.308 e. The van der Waals surface area contributed by atoms with E-state index in [9.17, 15) is 9.59 Å². The molecule has 0 radical (unpaired) electrons. The van der Waals surface area contributed by atoms with E-state index in [1.807, 2.05) is 30.5 Å². The molecule has 0 saturated carbocycles. The van der Waals surface area contributed by atoms with E-state index >= 15 is 0 Å². The molecule has 1 amide bonds. The first-order valence-electron chi connectivity index (χ1n) is 7.33. The third kappa shape index (κ3) is 4.16. The normalized spacial score (nSPS) is 19.5. The number of benzene rings is 1. The fourth-order valence-electron chi connectivity index (χ4n) is 2.54. The average molecular weight is 323 g/mol. The molecule has 0 aliphatic carbocycles. The van der Waals surface area contributed by atoms with Crippen molar-refractivity contribution in [3.05, 3.63) is 24.3 Å². The molecule has 1 saturated heterocycles. The second-order valence-corrected chi connectivity index (χ2v) is 6.28. The van der Waals surface area contributed by atoms with Crippen molar-refractivity contribution in [2.75, 3.05) is 19.3 Å². The van der Waals surface area contributed by atoms with E-state index in [4.69, 9.17) is 9.84 Å². The average Bonchev–Trinajstić information content (AvgIpc) is 2.54. The zero-order valence-corrected chi connectivity index (χ0v) is 13.6. The van der Waals surface area contributed by atoms with Gasteiger partial charge in [0.1, 0.15) is 5.75 Å². The number of hydrogen-bond donors (Lipinski definition) is 1. The lowest BCUT2D eigenvalue weighted by Gasteiger charge is -2.32.